The van der Waals surface area contributed by atoms with E-state index in [0.29, 0.717) is 11.0 Å². The second-order valence-corrected chi connectivity index (χ2v) is 6.82. The van der Waals surface area contributed by atoms with Crippen molar-refractivity contribution in [1.82, 2.24) is 9.97 Å². The van der Waals surface area contributed by atoms with Crippen LogP contribution in [0.25, 0.3) is 0 Å². The van der Waals surface area contributed by atoms with Crippen molar-refractivity contribution in [2.75, 3.05) is 17.3 Å². The lowest BCUT2D eigenvalue weighted by molar-refractivity contribution is -0.115. The largest absolute Gasteiger partial charge is 0.384 e. The number of nitrogens with one attached hydrogen (secondary N) is 1. The molecule has 0 saturated heterocycles. The molecule has 1 atom stereocenters. The van der Waals surface area contributed by atoms with E-state index in [1.165, 1.54) is 11.8 Å². The molecule has 0 aliphatic heterocycles. The van der Waals surface area contributed by atoms with Gasteiger partial charge in [-0.3, -0.25) is 4.79 Å². The van der Waals surface area contributed by atoms with E-state index in [9.17, 15) is 4.79 Å². The summed E-state index contributed by atoms with van der Waals surface area (Å²) in [6.45, 7) is 3.67. The van der Waals surface area contributed by atoms with E-state index in [0.717, 1.165) is 16.3 Å². The molecule has 0 fully saturated rings. The van der Waals surface area contributed by atoms with Gasteiger partial charge in [-0.1, -0.05) is 23.9 Å². The summed E-state index contributed by atoms with van der Waals surface area (Å²) in [6.07, 6.45) is 1.98. The second kappa shape index (κ2) is 7.51. The van der Waals surface area contributed by atoms with Gasteiger partial charge in [0.2, 0.25) is 5.91 Å². The van der Waals surface area contributed by atoms with Crippen molar-refractivity contribution in [1.29, 1.82) is 0 Å². The molecule has 1 aromatic heterocycles. The Morgan fingerprint density at radius 3 is 2.73 bits per heavy atom. The maximum Gasteiger partial charge on any atom is 0.237 e. The number of nitrogens with two attached hydrogens (primary N) is 1. The molecule has 2 aromatic rings. The fourth-order valence-electron chi connectivity index (χ4n) is 1.81. The summed E-state index contributed by atoms with van der Waals surface area (Å²) in [5, 5.41) is 3.13. The van der Waals surface area contributed by atoms with Gasteiger partial charge in [-0.2, -0.15) is 0 Å². The first-order chi connectivity index (χ1) is 10.5. The highest BCUT2D eigenvalue weighted by Crippen LogP contribution is 2.26. The van der Waals surface area contributed by atoms with Crippen LogP contribution >= 0.6 is 23.5 Å². The molecule has 22 heavy (non-hydrogen) atoms. The maximum atomic E-state index is 12.3. The van der Waals surface area contributed by atoms with Crippen LogP contribution < -0.4 is 11.1 Å². The summed E-state index contributed by atoms with van der Waals surface area (Å²) in [6, 6.07) is 9.41. The number of hydrogen-bond donors (Lipinski definition) is 2. The monoisotopic (exact) mass is 334 g/mol. The predicted octanol–water partition coefficient (Wildman–Crippen LogP) is 3.21. The number of rotatable bonds is 5. The predicted molar refractivity (Wildman–Crippen MR) is 93.4 cm³/mol. The molecular weight excluding hydrogens is 316 g/mol. The number of hydrogen-bond acceptors (Lipinski definition) is 6. The molecule has 2 rings (SSSR count). The zero-order chi connectivity index (χ0) is 16.1. The van der Waals surface area contributed by atoms with Crippen molar-refractivity contribution in [3.05, 3.63) is 36.0 Å². The molecule has 1 aromatic carbocycles. The van der Waals surface area contributed by atoms with E-state index in [4.69, 9.17) is 5.73 Å². The van der Waals surface area contributed by atoms with Crippen LogP contribution in [-0.2, 0) is 4.79 Å². The minimum absolute atomic E-state index is 0.0878. The number of aryl methyl sites for hydroxylation is 1. The van der Waals surface area contributed by atoms with Crippen LogP contribution in [-0.4, -0.2) is 27.4 Å². The Morgan fingerprint density at radius 2 is 2.05 bits per heavy atom. The Hall–Kier alpha value is -1.73. The highest BCUT2D eigenvalue weighted by Gasteiger charge is 2.17. The SMILES string of the molecule is CSc1ccccc1NC(=O)C(C)Sc1nc(C)cc(N)n1. The third-order valence-electron chi connectivity index (χ3n) is 2.87. The molecule has 7 heteroatoms. The van der Waals surface area contributed by atoms with Gasteiger partial charge in [0.05, 0.1) is 10.9 Å². The molecule has 1 unspecified atom stereocenters. The van der Waals surface area contributed by atoms with Crippen LogP contribution in [0.1, 0.15) is 12.6 Å². The van der Waals surface area contributed by atoms with Gasteiger partial charge in [-0.25, -0.2) is 9.97 Å². The fourth-order valence-corrected chi connectivity index (χ4v) is 3.20. The number of thioether (sulfide) groups is 2. The normalized spacial score (nSPS) is 12.0. The number of benzene rings is 1. The molecule has 0 bridgehead atoms. The van der Waals surface area contributed by atoms with Gasteiger partial charge in [0.25, 0.3) is 0 Å². The lowest BCUT2D eigenvalue weighted by Crippen LogP contribution is -2.23. The Morgan fingerprint density at radius 1 is 1.32 bits per heavy atom. The maximum absolute atomic E-state index is 12.3. The van der Waals surface area contributed by atoms with Crippen LogP contribution in [0.3, 0.4) is 0 Å². The minimum atomic E-state index is -0.323. The molecule has 0 radical (unpaired) electrons. The highest BCUT2D eigenvalue weighted by molar-refractivity contribution is 8.00. The standard InChI is InChI=1S/C15H18N4OS2/c1-9-8-13(16)19-15(17-9)22-10(2)14(20)18-11-6-4-5-7-12(11)21-3/h4-8,10H,1-3H3,(H,18,20)(H2,16,17,19). The van der Waals surface area contributed by atoms with Crippen LogP contribution in [0.15, 0.2) is 40.4 Å². The van der Waals surface area contributed by atoms with E-state index < -0.39 is 0 Å². The van der Waals surface area contributed by atoms with Gasteiger partial charge in [0, 0.05) is 16.7 Å². The molecule has 0 saturated carbocycles. The molecular formula is C15H18N4OS2. The van der Waals surface area contributed by atoms with Crippen molar-refractivity contribution in [3.63, 3.8) is 0 Å². The number of para-hydroxylation sites is 1. The zero-order valence-corrected chi connectivity index (χ0v) is 14.3. The van der Waals surface area contributed by atoms with E-state index in [1.54, 1.807) is 17.8 Å². The van der Waals surface area contributed by atoms with Gasteiger partial charge in [0.15, 0.2) is 5.16 Å². The molecule has 116 valence electrons. The third-order valence-corrected chi connectivity index (χ3v) is 4.63. The number of carbonyl (C=O) groups excluding carboxylic acids is 1. The number of amides is 1. The smallest absolute Gasteiger partial charge is 0.237 e. The van der Waals surface area contributed by atoms with Crippen LogP contribution in [0.5, 0.6) is 0 Å². The van der Waals surface area contributed by atoms with E-state index in [1.807, 2.05) is 44.4 Å². The third kappa shape index (κ3) is 4.38. The average molecular weight is 334 g/mol. The molecule has 0 spiro atoms. The first-order valence-corrected chi connectivity index (χ1v) is 8.81. The fraction of sp³-hybridized carbons (Fsp3) is 0.267. The minimum Gasteiger partial charge on any atom is -0.384 e. The van der Waals surface area contributed by atoms with E-state index >= 15 is 0 Å². The Balaban J connectivity index is 2.06. The van der Waals surface area contributed by atoms with E-state index in [2.05, 4.69) is 15.3 Å². The quantitative estimate of drug-likeness (QED) is 0.645. The number of anilines is 2. The highest BCUT2D eigenvalue weighted by atomic mass is 32.2. The first-order valence-electron chi connectivity index (χ1n) is 6.71. The van der Waals surface area contributed by atoms with Crippen LogP contribution in [0.2, 0.25) is 0 Å². The summed E-state index contributed by atoms with van der Waals surface area (Å²) in [5.74, 6) is 0.325. The lowest BCUT2D eigenvalue weighted by Gasteiger charge is -2.13. The Labute approximate surface area is 138 Å². The molecule has 1 amide bonds. The average Bonchev–Trinajstić information content (AvgIpc) is 2.46. The number of aromatic nitrogens is 2. The number of nitrogen functional groups attached to an aromatic ring is 1. The van der Waals surface area contributed by atoms with E-state index in [-0.39, 0.29) is 11.2 Å². The molecule has 0 aliphatic carbocycles. The molecule has 0 aliphatic rings. The van der Waals surface area contributed by atoms with Crippen LogP contribution in [0.4, 0.5) is 11.5 Å². The van der Waals surface area contributed by atoms with Gasteiger partial charge in [-0.05, 0) is 32.2 Å². The number of nitrogens with zero attached hydrogens (tertiary/aromatic N) is 2. The molecule has 5 nitrogen and oxygen atoms in total. The van der Waals surface area contributed by atoms with Crippen LogP contribution in [0, 0.1) is 6.92 Å². The second-order valence-electron chi connectivity index (χ2n) is 4.67. The van der Waals surface area contributed by atoms with Crippen molar-refractivity contribution in [2.24, 2.45) is 0 Å². The first kappa shape index (κ1) is 16.6. The summed E-state index contributed by atoms with van der Waals surface area (Å²) in [5.41, 5.74) is 7.31. The van der Waals surface area contributed by atoms with Gasteiger partial charge < -0.3 is 11.1 Å². The van der Waals surface area contributed by atoms with Crippen molar-refractivity contribution >= 4 is 40.9 Å². The van der Waals surface area contributed by atoms with Gasteiger partial charge in [-0.15, -0.1) is 11.8 Å². The van der Waals surface area contributed by atoms with Crippen molar-refractivity contribution in [2.45, 2.75) is 29.1 Å². The summed E-state index contributed by atoms with van der Waals surface area (Å²) in [4.78, 5) is 21.8. The molecule has 1 heterocycles. The Bertz CT molecular complexity index is 658. The van der Waals surface area contributed by atoms with Crippen molar-refractivity contribution in [3.8, 4) is 0 Å². The van der Waals surface area contributed by atoms with Gasteiger partial charge in [0.1, 0.15) is 5.82 Å². The van der Waals surface area contributed by atoms with Crippen molar-refractivity contribution < 1.29 is 4.79 Å². The Kier molecular flexibility index (Phi) is 5.68. The molecule has 3 N–H and O–H groups in total. The van der Waals surface area contributed by atoms with Gasteiger partial charge >= 0.3 is 0 Å². The number of carbonyl (C=O) groups is 1. The summed E-state index contributed by atoms with van der Waals surface area (Å²) < 4.78 is 0. The summed E-state index contributed by atoms with van der Waals surface area (Å²) in [7, 11) is 0. The summed E-state index contributed by atoms with van der Waals surface area (Å²) >= 11 is 2.89. The zero-order valence-electron chi connectivity index (χ0n) is 12.7. The topological polar surface area (TPSA) is 80.9 Å². The lowest BCUT2D eigenvalue weighted by atomic mass is 10.3.